The molecule has 1 saturated carbocycles. The Hall–Kier alpha value is -1.65. The van der Waals surface area contributed by atoms with Crippen molar-refractivity contribution in [3.8, 4) is 6.07 Å². The van der Waals surface area contributed by atoms with Crippen LogP contribution < -0.4 is 5.32 Å². The molecule has 3 rings (SSSR count). The summed E-state index contributed by atoms with van der Waals surface area (Å²) in [6.07, 6.45) is 5.15. The number of amides is 2. The fourth-order valence-electron chi connectivity index (χ4n) is 4.02. The molecule has 3 fully saturated rings. The molecule has 2 heterocycles. The fraction of sp³-hybridized carbons (Fsp3) is 0.824. The minimum absolute atomic E-state index is 0.111. The predicted octanol–water partition coefficient (Wildman–Crippen LogP) is 0.262. The van der Waals surface area contributed by atoms with E-state index >= 15 is 0 Å². The second-order valence-electron chi connectivity index (χ2n) is 7.02. The van der Waals surface area contributed by atoms with Gasteiger partial charge in [-0.25, -0.2) is 0 Å². The van der Waals surface area contributed by atoms with Crippen LogP contribution >= 0.6 is 0 Å². The maximum atomic E-state index is 12.7. The van der Waals surface area contributed by atoms with Gasteiger partial charge in [0.2, 0.25) is 11.8 Å². The van der Waals surface area contributed by atoms with E-state index in [0.717, 1.165) is 45.1 Å². The average molecular weight is 334 g/mol. The van der Waals surface area contributed by atoms with Gasteiger partial charge in [-0.15, -0.1) is 0 Å². The lowest BCUT2D eigenvalue weighted by Crippen LogP contribution is -2.53. The number of carbonyl (C=O) groups excluding carboxylic acids is 2. The highest BCUT2D eigenvalue weighted by atomic mass is 16.5. The maximum absolute atomic E-state index is 12.7. The first-order valence-corrected chi connectivity index (χ1v) is 8.96. The predicted molar refractivity (Wildman–Crippen MR) is 86.9 cm³/mol. The van der Waals surface area contributed by atoms with Crippen LogP contribution in [0.2, 0.25) is 0 Å². The van der Waals surface area contributed by atoms with Gasteiger partial charge in [0, 0.05) is 13.1 Å². The molecule has 1 N–H and O–H groups in total. The minimum atomic E-state index is -0.694. The Morgan fingerprint density at radius 3 is 2.54 bits per heavy atom. The molecule has 7 heteroatoms. The quantitative estimate of drug-likeness (QED) is 0.797. The number of nitrogens with zero attached hydrogens (tertiary/aromatic N) is 3. The van der Waals surface area contributed by atoms with Crippen LogP contribution in [0, 0.1) is 11.3 Å². The lowest BCUT2D eigenvalue weighted by Gasteiger charge is -2.32. The van der Waals surface area contributed by atoms with Crippen LogP contribution in [0.5, 0.6) is 0 Å². The van der Waals surface area contributed by atoms with Crippen molar-refractivity contribution >= 4 is 11.8 Å². The van der Waals surface area contributed by atoms with Crippen molar-refractivity contribution in [1.29, 1.82) is 5.26 Å². The topological polar surface area (TPSA) is 85.7 Å². The zero-order valence-electron chi connectivity index (χ0n) is 14.1. The number of hydrogen-bond acceptors (Lipinski definition) is 5. The third-order valence-electron chi connectivity index (χ3n) is 5.37. The van der Waals surface area contributed by atoms with Crippen molar-refractivity contribution in [2.45, 2.75) is 50.1 Å². The third-order valence-corrected chi connectivity index (χ3v) is 5.37. The SMILES string of the molecule is N#CC1(NC(=O)CN2CCCC2C(=O)N2CCOCC2)CCCC1. The van der Waals surface area contributed by atoms with Gasteiger partial charge in [0.25, 0.3) is 0 Å². The molecule has 0 spiro atoms. The summed E-state index contributed by atoms with van der Waals surface area (Å²) >= 11 is 0. The van der Waals surface area contributed by atoms with E-state index in [4.69, 9.17) is 4.74 Å². The highest BCUT2D eigenvalue weighted by Gasteiger charge is 2.38. The van der Waals surface area contributed by atoms with Gasteiger partial charge in [0.05, 0.1) is 31.9 Å². The van der Waals surface area contributed by atoms with E-state index in [0.29, 0.717) is 26.3 Å². The molecule has 1 unspecified atom stereocenters. The Kier molecular flexibility index (Phi) is 5.36. The fourth-order valence-corrected chi connectivity index (χ4v) is 4.02. The van der Waals surface area contributed by atoms with E-state index in [-0.39, 0.29) is 24.4 Å². The molecule has 3 aliphatic rings. The summed E-state index contributed by atoms with van der Waals surface area (Å²) in [5, 5.41) is 12.3. The van der Waals surface area contributed by atoms with Gasteiger partial charge >= 0.3 is 0 Å². The van der Waals surface area contributed by atoms with Crippen LogP contribution in [0.25, 0.3) is 0 Å². The van der Waals surface area contributed by atoms with Crippen molar-refractivity contribution in [3.05, 3.63) is 0 Å². The number of nitriles is 1. The van der Waals surface area contributed by atoms with Gasteiger partial charge in [-0.2, -0.15) is 5.26 Å². The molecule has 0 bridgehead atoms. The van der Waals surface area contributed by atoms with Crippen molar-refractivity contribution in [3.63, 3.8) is 0 Å². The van der Waals surface area contributed by atoms with Gasteiger partial charge < -0.3 is 15.0 Å². The molecule has 2 saturated heterocycles. The van der Waals surface area contributed by atoms with E-state index in [2.05, 4.69) is 11.4 Å². The van der Waals surface area contributed by atoms with E-state index in [1.807, 2.05) is 9.80 Å². The molecule has 0 aromatic carbocycles. The normalized spacial score (nSPS) is 27.0. The van der Waals surface area contributed by atoms with Crippen LogP contribution in [0.15, 0.2) is 0 Å². The third kappa shape index (κ3) is 3.70. The van der Waals surface area contributed by atoms with Crippen LogP contribution in [0.4, 0.5) is 0 Å². The second kappa shape index (κ2) is 7.49. The maximum Gasteiger partial charge on any atom is 0.240 e. The number of ether oxygens (including phenoxy) is 1. The highest BCUT2D eigenvalue weighted by Crippen LogP contribution is 2.29. The number of morpholine rings is 1. The zero-order chi connectivity index (χ0) is 17.0. The Labute approximate surface area is 142 Å². The standard InChI is InChI=1S/C17H26N4O3/c18-13-17(5-1-2-6-17)19-15(22)12-21-7-3-4-14(21)16(23)20-8-10-24-11-9-20/h14H,1-12H2,(H,19,22). The summed E-state index contributed by atoms with van der Waals surface area (Å²) in [5.74, 6) is -0.0282. The van der Waals surface area contributed by atoms with E-state index in [1.165, 1.54) is 0 Å². The molecule has 0 aromatic heterocycles. The molecular weight excluding hydrogens is 308 g/mol. The number of carbonyl (C=O) groups is 2. The molecule has 0 aromatic rings. The molecule has 132 valence electrons. The van der Waals surface area contributed by atoms with Crippen molar-refractivity contribution in [2.75, 3.05) is 39.4 Å². The average Bonchev–Trinajstić information content (AvgIpc) is 3.25. The first-order valence-electron chi connectivity index (χ1n) is 8.96. The molecule has 24 heavy (non-hydrogen) atoms. The zero-order valence-corrected chi connectivity index (χ0v) is 14.1. The Balaban J connectivity index is 1.56. The van der Waals surface area contributed by atoms with Crippen LogP contribution in [0.1, 0.15) is 38.5 Å². The summed E-state index contributed by atoms with van der Waals surface area (Å²) in [5.41, 5.74) is -0.694. The van der Waals surface area contributed by atoms with Crippen molar-refractivity contribution in [1.82, 2.24) is 15.1 Å². The molecule has 1 aliphatic carbocycles. The summed E-state index contributed by atoms with van der Waals surface area (Å²) < 4.78 is 5.30. The van der Waals surface area contributed by atoms with Gasteiger partial charge in [-0.3, -0.25) is 14.5 Å². The molecule has 2 aliphatic heterocycles. The van der Waals surface area contributed by atoms with Crippen molar-refractivity contribution in [2.24, 2.45) is 0 Å². The van der Waals surface area contributed by atoms with Crippen LogP contribution in [0.3, 0.4) is 0 Å². The van der Waals surface area contributed by atoms with Gasteiger partial charge in [0.15, 0.2) is 0 Å². The number of hydrogen-bond donors (Lipinski definition) is 1. The molecule has 2 amide bonds. The van der Waals surface area contributed by atoms with E-state index < -0.39 is 5.54 Å². The first-order chi connectivity index (χ1) is 11.6. The Morgan fingerprint density at radius 1 is 1.17 bits per heavy atom. The molecule has 1 atom stereocenters. The molecule has 0 radical (unpaired) electrons. The smallest absolute Gasteiger partial charge is 0.240 e. The summed E-state index contributed by atoms with van der Waals surface area (Å²) in [7, 11) is 0. The largest absolute Gasteiger partial charge is 0.378 e. The van der Waals surface area contributed by atoms with Crippen molar-refractivity contribution < 1.29 is 14.3 Å². The number of nitrogens with one attached hydrogen (secondary N) is 1. The lowest BCUT2D eigenvalue weighted by molar-refractivity contribution is -0.140. The van der Waals surface area contributed by atoms with Gasteiger partial charge in [-0.1, -0.05) is 0 Å². The minimum Gasteiger partial charge on any atom is -0.378 e. The lowest BCUT2D eigenvalue weighted by atomic mass is 10.00. The van der Waals surface area contributed by atoms with Crippen LogP contribution in [-0.2, 0) is 14.3 Å². The van der Waals surface area contributed by atoms with Crippen LogP contribution in [-0.4, -0.2) is 72.6 Å². The number of rotatable bonds is 4. The van der Waals surface area contributed by atoms with Gasteiger partial charge in [0.1, 0.15) is 5.54 Å². The first kappa shape index (κ1) is 17.2. The van der Waals surface area contributed by atoms with Gasteiger partial charge in [-0.05, 0) is 45.1 Å². The molecule has 7 nitrogen and oxygen atoms in total. The van der Waals surface area contributed by atoms with E-state index in [9.17, 15) is 14.9 Å². The highest BCUT2D eigenvalue weighted by molar-refractivity contribution is 5.84. The summed E-state index contributed by atoms with van der Waals surface area (Å²) in [4.78, 5) is 28.9. The monoisotopic (exact) mass is 334 g/mol. The molecular formula is C17H26N4O3. The number of likely N-dealkylation sites (tertiary alicyclic amines) is 1. The van der Waals surface area contributed by atoms with E-state index in [1.54, 1.807) is 0 Å². The summed E-state index contributed by atoms with van der Waals surface area (Å²) in [6, 6.07) is 2.07. The summed E-state index contributed by atoms with van der Waals surface area (Å²) in [6.45, 7) is 3.39. The second-order valence-corrected chi connectivity index (χ2v) is 7.02. The Morgan fingerprint density at radius 2 is 1.88 bits per heavy atom. The Bertz CT molecular complexity index is 518.